The summed E-state index contributed by atoms with van der Waals surface area (Å²) in [5.74, 6) is 3.19. The lowest BCUT2D eigenvalue weighted by Crippen LogP contribution is -2.62. The summed E-state index contributed by atoms with van der Waals surface area (Å²) >= 11 is 0. The predicted molar refractivity (Wildman–Crippen MR) is 193 cm³/mol. The molecule has 7 nitrogen and oxygen atoms in total. The molecule has 0 aromatic rings. The van der Waals surface area contributed by atoms with Crippen LogP contribution >= 0.6 is 0 Å². The Balaban J connectivity index is 6.63. The SMILES string of the molecule is CCC(C)CCO[Si](OCCC(C)CC)(OCCC(C)CC)O[Si](OCCC(C)CC)(OCCC(C)CC)OCCC(C)CC. The summed E-state index contributed by atoms with van der Waals surface area (Å²) in [6, 6.07) is 0. The van der Waals surface area contributed by atoms with Crippen molar-refractivity contribution in [3.63, 3.8) is 0 Å². The molecule has 0 aliphatic carbocycles. The van der Waals surface area contributed by atoms with Crippen molar-refractivity contribution in [3.05, 3.63) is 0 Å². The molecular formula is C36H78O7Si2. The molecule has 0 heterocycles. The van der Waals surface area contributed by atoms with Gasteiger partial charge in [0.15, 0.2) is 0 Å². The first-order chi connectivity index (χ1) is 21.4. The molecule has 45 heavy (non-hydrogen) atoms. The first-order valence-electron chi connectivity index (χ1n) is 19.0. The first kappa shape index (κ1) is 45.2. The van der Waals surface area contributed by atoms with Gasteiger partial charge in [-0.15, -0.1) is 0 Å². The molecule has 9 heteroatoms. The highest BCUT2D eigenvalue weighted by Crippen LogP contribution is 2.27. The molecule has 6 atom stereocenters. The Labute approximate surface area is 283 Å². The summed E-state index contributed by atoms with van der Waals surface area (Å²) in [6.07, 6.45) is 12.0. The second-order valence-corrected chi connectivity index (χ2v) is 18.6. The van der Waals surface area contributed by atoms with Gasteiger partial charge in [0, 0.05) is 39.6 Å². The maximum absolute atomic E-state index is 7.06. The molecule has 272 valence electrons. The number of hydrogen-bond donors (Lipinski definition) is 0. The molecule has 0 radical (unpaired) electrons. The van der Waals surface area contributed by atoms with Crippen LogP contribution in [0.25, 0.3) is 0 Å². The molecule has 0 aromatic carbocycles. The fourth-order valence-corrected chi connectivity index (χ4v) is 9.46. The summed E-state index contributed by atoms with van der Waals surface area (Å²) in [5, 5.41) is 0. The second kappa shape index (κ2) is 27.0. The van der Waals surface area contributed by atoms with Crippen LogP contribution < -0.4 is 0 Å². The minimum absolute atomic E-state index is 0.505. The first-order valence-corrected chi connectivity index (χ1v) is 22.2. The highest BCUT2D eigenvalue weighted by molar-refractivity contribution is 6.68. The molecule has 0 spiro atoms. The van der Waals surface area contributed by atoms with Gasteiger partial charge >= 0.3 is 18.1 Å². The lowest BCUT2D eigenvalue weighted by atomic mass is 10.1. The number of hydrogen-bond acceptors (Lipinski definition) is 7. The van der Waals surface area contributed by atoms with Gasteiger partial charge in [-0.2, -0.15) is 0 Å². The van der Waals surface area contributed by atoms with E-state index in [0.717, 1.165) is 77.0 Å². The van der Waals surface area contributed by atoms with Crippen LogP contribution in [-0.2, 0) is 30.7 Å². The smallest absolute Gasteiger partial charge is 0.352 e. The largest absolute Gasteiger partial charge is 0.673 e. The van der Waals surface area contributed by atoms with Crippen LogP contribution in [-0.4, -0.2) is 57.7 Å². The molecule has 0 bridgehead atoms. The maximum atomic E-state index is 7.06. The average Bonchev–Trinajstić information content (AvgIpc) is 3.03. The van der Waals surface area contributed by atoms with Gasteiger partial charge in [0.1, 0.15) is 0 Å². The lowest BCUT2D eigenvalue weighted by molar-refractivity contribution is -0.0732. The number of rotatable bonds is 32. The Kier molecular flexibility index (Phi) is 27.1. The molecule has 0 saturated carbocycles. The van der Waals surface area contributed by atoms with E-state index >= 15 is 0 Å². The van der Waals surface area contributed by atoms with Crippen LogP contribution in [0.3, 0.4) is 0 Å². The van der Waals surface area contributed by atoms with Gasteiger partial charge in [-0.05, 0) is 74.0 Å². The van der Waals surface area contributed by atoms with E-state index in [1.54, 1.807) is 0 Å². The Morgan fingerprint density at radius 3 is 0.600 bits per heavy atom. The normalized spacial score (nSPS) is 18.9. The Morgan fingerprint density at radius 1 is 0.311 bits per heavy atom. The fraction of sp³-hybridized carbons (Fsp3) is 1.00. The van der Waals surface area contributed by atoms with Crippen molar-refractivity contribution in [1.82, 2.24) is 0 Å². The molecule has 0 fully saturated rings. The second-order valence-electron chi connectivity index (χ2n) is 14.0. The zero-order chi connectivity index (χ0) is 34.1. The van der Waals surface area contributed by atoms with E-state index in [1.807, 2.05) is 0 Å². The van der Waals surface area contributed by atoms with Gasteiger partial charge in [0.05, 0.1) is 0 Å². The van der Waals surface area contributed by atoms with E-state index < -0.39 is 18.1 Å². The molecule has 0 N–H and O–H groups in total. The Hall–Kier alpha value is 0.154. The molecule has 0 saturated heterocycles. The highest BCUT2D eigenvalue weighted by Gasteiger charge is 2.60. The third-order valence-corrected chi connectivity index (χ3v) is 15.1. The summed E-state index contributed by atoms with van der Waals surface area (Å²) in [5.41, 5.74) is 0. The maximum Gasteiger partial charge on any atom is 0.673 e. The third-order valence-electron chi connectivity index (χ3n) is 9.77. The Morgan fingerprint density at radius 2 is 0.467 bits per heavy atom. The summed E-state index contributed by atoms with van der Waals surface area (Å²) < 4.78 is 47.3. The highest BCUT2D eigenvalue weighted by atomic mass is 28.5. The van der Waals surface area contributed by atoms with E-state index in [0.29, 0.717) is 75.1 Å². The topological polar surface area (TPSA) is 64.6 Å². The molecule has 0 amide bonds. The molecule has 0 aliphatic heterocycles. The van der Waals surface area contributed by atoms with Gasteiger partial charge in [0.25, 0.3) is 0 Å². The van der Waals surface area contributed by atoms with Crippen LogP contribution in [0.15, 0.2) is 0 Å². The average molecular weight is 679 g/mol. The molecular weight excluding hydrogens is 601 g/mol. The van der Waals surface area contributed by atoms with Crippen molar-refractivity contribution in [3.8, 4) is 0 Å². The van der Waals surface area contributed by atoms with Gasteiger partial charge in [-0.1, -0.05) is 122 Å². The van der Waals surface area contributed by atoms with E-state index in [4.69, 9.17) is 30.7 Å². The predicted octanol–water partition coefficient (Wildman–Crippen LogP) is 10.6. The molecule has 0 aromatic heterocycles. The van der Waals surface area contributed by atoms with Crippen LogP contribution in [0, 0.1) is 35.5 Å². The fourth-order valence-electron chi connectivity index (χ4n) is 4.12. The summed E-state index contributed by atoms with van der Waals surface area (Å²) in [6.45, 7) is 29.9. The van der Waals surface area contributed by atoms with E-state index in [2.05, 4.69) is 83.1 Å². The van der Waals surface area contributed by atoms with Crippen LogP contribution in [0.4, 0.5) is 0 Å². The summed E-state index contributed by atoms with van der Waals surface area (Å²) in [7, 11) is -7.48. The molecule has 0 rings (SSSR count). The lowest BCUT2D eigenvalue weighted by Gasteiger charge is -2.37. The van der Waals surface area contributed by atoms with Crippen molar-refractivity contribution in [1.29, 1.82) is 0 Å². The van der Waals surface area contributed by atoms with Crippen LogP contribution in [0.2, 0.25) is 0 Å². The van der Waals surface area contributed by atoms with Gasteiger partial charge < -0.3 is 30.7 Å². The Bertz CT molecular complexity index is 536. The van der Waals surface area contributed by atoms with E-state index in [1.165, 1.54) is 0 Å². The van der Waals surface area contributed by atoms with Gasteiger partial charge in [0.2, 0.25) is 0 Å². The van der Waals surface area contributed by atoms with E-state index in [-0.39, 0.29) is 0 Å². The zero-order valence-corrected chi connectivity index (χ0v) is 34.0. The van der Waals surface area contributed by atoms with Crippen LogP contribution in [0.1, 0.15) is 160 Å². The van der Waals surface area contributed by atoms with Gasteiger partial charge in [-0.25, -0.2) is 0 Å². The third kappa shape index (κ3) is 21.7. The molecule has 0 aliphatic rings. The molecule has 6 unspecified atom stereocenters. The standard InChI is InChI=1S/C36H78O7Si2/c1-13-31(7)19-25-37-44(38-26-20-32(8)14-2,39-27-21-33(9)15-3)43-45(40-28-22-34(10)16-4,41-29-23-35(11)17-5)42-30-24-36(12)18-6/h31-36H,13-30H2,1-12H3. The minimum Gasteiger partial charge on any atom is -0.352 e. The van der Waals surface area contributed by atoms with E-state index in [9.17, 15) is 0 Å². The zero-order valence-electron chi connectivity index (χ0n) is 32.0. The minimum atomic E-state index is -3.74. The van der Waals surface area contributed by atoms with Crippen molar-refractivity contribution < 1.29 is 30.7 Å². The van der Waals surface area contributed by atoms with Crippen molar-refractivity contribution >= 4 is 18.1 Å². The quantitative estimate of drug-likeness (QED) is 0.0656. The van der Waals surface area contributed by atoms with Crippen molar-refractivity contribution in [2.75, 3.05) is 39.6 Å². The van der Waals surface area contributed by atoms with Crippen molar-refractivity contribution in [2.45, 2.75) is 160 Å². The monoisotopic (exact) mass is 679 g/mol. The van der Waals surface area contributed by atoms with Crippen LogP contribution in [0.5, 0.6) is 0 Å². The summed E-state index contributed by atoms with van der Waals surface area (Å²) in [4.78, 5) is 0. The van der Waals surface area contributed by atoms with Gasteiger partial charge in [-0.3, -0.25) is 0 Å². The van der Waals surface area contributed by atoms with Crippen molar-refractivity contribution in [2.24, 2.45) is 35.5 Å².